The fraction of sp³-hybridized carbons (Fsp3) is 0.500. The Morgan fingerprint density at radius 3 is 2.50 bits per heavy atom. The van der Waals surface area contributed by atoms with Gasteiger partial charge in [0.15, 0.2) is 28.5 Å². The summed E-state index contributed by atoms with van der Waals surface area (Å²) < 4.78 is 53.5. The number of hydrogen-bond acceptors (Lipinski definition) is 5. The molecule has 36 heavy (non-hydrogen) atoms. The summed E-state index contributed by atoms with van der Waals surface area (Å²) in [5.74, 6) is 1.28. The second-order valence-corrected chi connectivity index (χ2v) is 9.69. The zero-order chi connectivity index (χ0) is 25.6. The van der Waals surface area contributed by atoms with E-state index in [9.17, 15) is 18.0 Å². The van der Waals surface area contributed by atoms with Crippen LogP contribution >= 0.6 is 0 Å². The number of carbonyl (C=O) groups is 1. The normalized spacial score (nSPS) is 22.4. The van der Waals surface area contributed by atoms with Crippen molar-refractivity contribution in [3.8, 4) is 22.8 Å². The van der Waals surface area contributed by atoms with Crippen LogP contribution in [0.2, 0.25) is 0 Å². The number of hydrogen-bond donors (Lipinski definition) is 0. The molecule has 1 aliphatic heterocycles. The number of halogens is 3. The number of aromatic nitrogens is 3. The lowest BCUT2D eigenvalue weighted by atomic mass is 9.73. The van der Waals surface area contributed by atoms with E-state index in [-0.39, 0.29) is 29.0 Å². The number of likely N-dealkylation sites (tertiary alicyclic amines) is 1. The van der Waals surface area contributed by atoms with Crippen LogP contribution in [0.4, 0.5) is 13.2 Å². The number of ether oxygens (including phenoxy) is 2. The summed E-state index contributed by atoms with van der Waals surface area (Å²) in [7, 11) is 2.93. The number of piperidine rings is 1. The van der Waals surface area contributed by atoms with E-state index < -0.39 is 11.9 Å². The number of methoxy groups -OCH3 is 2. The van der Waals surface area contributed by atoms with Crippen LogP contribution in [0.25, 0.3) is 16.9 Å². The van der Waals surface area contributed by atoms with Gasteiger partial charge in [0, 0.05) is 24.2 Å². The minimum absolute atomic E-state index is 0.0177. The van der Waals surface area contributed by atoms with Crippen molar-refractivity contribution in [2.24, 2.45) is 11.8 Å². The molecule has 0 bridgehead atoms. The van der Waals surface area contributed by atoms with Gasteiger partial charge in [0.2, 0.25) is 0 Å². The van der Waals surface area contributed by atoms with Crippen molar-refractivity contribution < 1.29 is 27.4 Å². The molecular formula is C26H29F3N4O3. The molecule has 1 saturated heterocycles. The van der Waals surface area contributed by atoms with Crippen LogP contribution in [0.1, 0.15) is 55.2 Å². The summed E-state index contributed by atoms with van der Waals surface area (Å²) in [6.45, 7) is 2.75. The highest BCUT2D eigenvalue weighted by Crippen LogP contribution is 2.40. The van der Waals surface area contributed by atoms with Gasteiger partial charge in [-0.1, -0.05) is 13.3 Å². The SMILES string of the molecule is COc1ccc(-c2cc(C(F)(F)F)n3nc(C(=O)N4CCC[C@H]5CCC[C@@H](C)[C@H]54)cc3n2)cc1OC. The lowest BCUT2D eigenvalue weighted by Gasteiger charge is -2.47. The Morgan fingerprint density at radius 1 is 1.03 bits per heavy atom. The predicted octanol–water partition coefficient (Wildman–Crippen LogP) is 5.47. The number of benzene rings is 1. The highest BCUT2D eigenvalue weighted by molar-refractivity contribution is 5.93. The Morgan fingerprint density at radius 2 is 1.78 bits per heavy atom. The van der Waals surface area contributed by atoms with Crippen LogP contribution < -0.4 is 9.47 Å². The smallest absolute Gasteiger partial charge is 0.433 e. The maximum atomic E-state index is 14.1. The van der Waals surface area contributed by atoms with E-state index in [1.54, 1.807) is 18.2 Å². The molecule has 2 aliphatic rings. The molecule has 5 rings (SSSR count). The number of amides is 1. The summed E-state index contributed by atoms with van der Waals surface area (Å²) in [5, 5.41) is 4.11. The number of fused-ring (bicyclic) bond motifs is 2. The first-order valence-corrected chi connectivity index (χ1v) is 12.2. The highest BCUT2D eigenvalue weighted by Gasteiger charge is 2.41. The molecule has 0 radical (unpaired) electrons. The third-order valence-corrected chi connectivity index (χ3v) is 7.51. The average Bonchev–Trinajstić information content (AvgIpc) is 3.30. The minimum atomic E-state index is -4.70. The molecule has 2 aromatic heterocycles. The maximum Gasteiger partial charge on any atom is 0.433 e. The molecule has 192 valence electrons. The molecular weight excluding hydrogens is 473 g/mol. The van der Waals surface area contributed by atoms with Crippen molar-refractivity contribution in [1.29, 1.82) is 0 Å². The Kier molecular flexibility index (Phi) is 6.30. The Labute approximate surface area is 207 Å². The second kappa shape index (κ2) is 9.29. The van der Waals surface area contributed by atoms with Crippen LogP contribution in [0, 0.1) is 11.8 Å². The summed E-state index contributed by atoms with van der Waals surface area (Å²) >= 11 is 0. The highest BCUT2D eigenvalue weighted by atomic mass is 19.4. The molecule has 3 aromatic rings. The zero-order valence-corrected chi connectivity index (χ0v) is 20.5. The Bertz CT molecular complexity index is 1290. The Balaban J connectivity index is 1.57. The van der Waals surface area contributed by atoms with Gasteiger partial charge >= 0.3 is 6.18 Å². The summed E-state index contributed by atoms with van der Waals surface area (Å²) in [6.07, 6.45) is 0.549. The van der Waals surface area contributed by atoms with E-state index in [1.165, 1.54) is 20.3 Å². The van der Waals surface area contributed by atoms with Gasteiger partial charge in [-0.05, 0) is 61.8 Å². The first kappa shape index (κ1) is 24.4. The van der Waals surface area contributed by atoms with Crippen molar-refractivity contribution in [3.63, 3.8) is 0 Å². The molecule has 3 atom stereocenters. The van der Waals surface area contributed by atoms with Crippen molar-refractivity contribution in [2.45, 2.75) is 51.2 Å². The second-order valence-electron chi connectivity index (χ2n) is 9.69. The van der Waals surface area contributed by atoms with Gasteiger partial charge in [-0.2, -0.15) is 18.3 Å². The van der Waals surface area contributed by atoms with Crippen molar-refractivity contribution >= 4 is 11.6 Å². The predicted molar refractivity (Wildman–Crippen MR) is 127 cm³/mol. The van der Waals surface area contributed by atoms with Crippen molar-refractivity contribution in [3.05, 3.63) is 41.7 Å². The van der Waals surface area contributed by atoms with E-state index in [0.717, 1.165) is 42.7 Å². The summed E-state index contributed by atoms with van der Waals surface area (Å²) in [5.41, 5.74) is -0.545. The van der Waals surface area contributed by atoms with Crippen LogP contribution in [0.3, 0.4) is 0 Å². The van der Waals surface area contributed by atoms with Gasteiger partial charge in [0.25, 0.3) is 5.91 Å². The van der Waals surface area contributed by atoms with Gasteiger partial charge in [-0.25, -0.2) is 9.50 Å². The van der Waals surface area contributed by atoms with E-state index in [1.807, 2.05) is 4.90 Å². The summed E-state index contributed by atoms with van der Waals surface area (Å²) in [4.78, 5) is 19.8. The first-order valence-electron chi connectivity index (χ1n) is 12.2. The number of carbonyl (C=O) groups excluding carboxylic acids is 1. The molecule has 2 fully saturated rings. The van der Waals surface area contributed by atoms with Gasteiger partial charge in [0.1, 0.15) is 0 Å². The van der Waals surface area contributed by atoms with Crippen LogP contribution in [0.5, 0.6) is 11.5 Å². The Hall–Kier alpha value is -3.30. The number of nitrogens with zero attached hydrogens (tertiary/aromatic N) is 4. The molecule has 0 N–H and O–H groups in total. The summed E-state index contributed by atoms with van der Waals surface area (Å²) in [6, 6.07) is 7.19. The molecule has 1 aromatic carbocycles. The van der Waals surface area contributed by atoms with E-state index in [2.05, 4.69) is 17.0 Å². The lowest BCUT2D eigenvalue weighted by Crippen LogP contribution is -2.53. The number of alkyl halides is 3. The third-order valence-electron chi connectivity index (χ3n) is 7.51. The third kappa shape index (κ3) is 4.26. The monoisotopic (exact) mass is 502 g/mol. The lowest BCUT2D eigenvalue weighted by molar-refractivity contribution is -0.142. The fourth-order valence-electron chi connectivity index (χ4n) is 5.87. The van der Waals surface area contributed by atoms with E-state index in [0.29, 0.717) is 35.4 Å². The molecule has 0 unspecified atom stereocenters. The topological polar surface area (TPSA) is 69.0 Å². The molecule has 1 amide bonds. The number of rotatable bonds is 4. The minimum Gasteiger partial charge on any atom is -0.493 e. The standard InChI is InChI=1S/C26H29F3N4O3/c1-15-6-4-7-16-8-5-11-32(24(15)16)25(34)19-14-23-30-18(13-22(26(27,28)29)33(23)31-19)17-9-10-20(35-2)21(12-17)36-3/h9-10,12-16,24H,4-8,11H2,1-3H3/t15-,16-,24-/m1/s1. The average molecular weight is 503 g/mol. The van der Waals surface area contributed by atoms with Crippen molar-refractivity contribution in [1.82, 2.24) is 19.5 Å². The van der Waals surface area contributed by atoms with Crippen LogP contribution in [0.15, 0.2) is 30.3 Å². The van der Waals surface area contributed by atoms with Crippen LogP contribution in [-0.2, 0) is 6.18 Å². The largest absolute Gasteiger partial charge is 0.493 e. The van der Waals surface area contributed by atoms with Gasteiger partial charge in [0.05, 0.1) is 19.9 Å². The molecule has 10 heteroatoms. The fourth-order valence-corrected chi connectivity index (χ4v) is 5.87. The molecule has 1 saturated carbocycles. The molecule has 1 aliphatic carbocycles. The first-order chi connectivity index (χ1) is 17.2. The quantitative estimate of drug-likeness (QED) is 0.473. The van der Waals surface area contributed by atoms with Crippen molar-refractivity contribution in [2.75, 3.05) is 20.8 Å². The molecule has 3 heterocycles. The van der Waals surface area contributed by atoms with Crippen LogP contribution in [-0.4, -0.2) is 52.2 Å². The maximum absolute atomic E-state index is 14.1. The van der Waals surface area contributed by atoms with Gasteiger partial charge in [-0.15, -0.1) is 0 Å². The van der Waals surface area contributed by atoms with E-state index in [4.69, 9.17) is 9.47 Å². The van der Waals surface area contributed by atoms with Gasteiger partial charge < -0.3 is 14.4 Å². The zero-order valence-electron chi connectivity index (χ0n) is 20.5. The molecule has 0 spiro atoms. The van der Waals surface area contributed by atoms with E-state index >= 15 is 0 Å². The van der Waals surface area contributed by atoms with Gasteiger partial charge in [-0.3, -0.25) is 4.79 Å². The molecule has 7 nitrogen and oxygen atoms in total.